The van der Waals surface area contributed by atoms with Crippen LogP contribution < -0.4 is 0 Å². The molecular formula is C16H34O3Si. The average Bonchev–Trinajstić information content (AvgIpc) is 3.00. The Balaban J connectivity index is 2.56. The van der Waals surface area contributed by atoms with Gasteiger partial charge in [0, 0.05) is 6.10 Å². The summed E-state index contributed by atoms with van der Waals surface area (Å²) in [6.07, 6.45) is 2.55. The lowest BCUT2D eigenvalue weighted by Crippen LogP contribution is -2.44. The summed E-state index contributed by atoms with van der Waals surface area (Å²) < 4.78 is 12.2. The van der Waals surface area contributed by atoms with Crippen molar-refractivity contribution in [2.24, 2.45) is 5.92 Å². The smallest absolute Gasteiger partial charge is 0.192 e. The van der Waals surface area contributed by atoms with Crippen LogP contribution in [0.4, 0.5) is 0 Å². The van der Waals surface area contributed by atoms with E-state index in [1.807, 2.05) is 6.92 Å². The van der Waals surface area contributed by atoms with Crippen molar-refractivity contribution in [3.05, 3.63) is 0 Å². The Bertz CT molecular complexity index is 324. The third kappa shape index (κ3) is 4.06. The van der Waals surface area contributed by atoms with E-state index in [1.54, 1.807) is 0 Å². The van der Waals surface area contributed by atoms with Crippen molar-refractivity contribution in [2.45, 2.75) is 90.3 Å². The summed E-state index contributed by atoms with van der Waals surface area (Å²) in [6.45, 7) is 18.0. The van der Waals surface area contributed by atoms with Gasteiger partial charge in [-0.3, -0.25) is 0 Å². The van der Waals surface area contributed by atoms with E-state index >= 15 is 0 Å². The molecule has 0 saturated carbocycles. The number of aliphatic hydroxyl groups is 1. The zero-order chi connectivity index (χ0) is 15.8. The predicted octanol–water partition coefficient (Wildman–Crippen LogP) is 3.96. The Labute approximate surface area is 126 Å². The maximum atomic E-state index is 9.32. The molecule has 0 aliphatic carbocycles. The van der Waals surface area contributed by atoms with Crippen molar-refractivity contribution in [2.75, 3.05) is 6.61 Å². The fourth-order valence-electron chi connectivity index (χ4n) is 2.53. The molecule has 1 aliphatic heterocycles. The topological polar surface area (TPSA) is 42.0 Å². The lowest BCUT2D eigenvalue weighted by molar-refractivity contribution is 0.139. The van der Waals surface area contributed by atoms with E-state index in [-0.39, 0.29) is 23.4 Å². The molecule has 0 bridgehead atoms. The first-order chi connectivity index (χ1) is 8.97. The number of aliphatic hydroxyl groups excluding tert-OH is 1. The van der Waals surface area contributed by atoms with E-state index in [0.29, 0.717) is 12.0 Å². The minimum atomic E-state index is -1.70. The summed E-state index contributed by atoms with van der Waals surface area (Å²) in [6, 6.07) is 0. The first-order valence-corrected chi connectivity index (χ1v) is 10.8. The van der Waals surface area contributed by atoms with Gasteiger partial charge in [0.2, 0.25) is 0 Å². The van der Waals surface area contributed by atoms with Gasteiger partial charge < -0.3 is 14.3 Å². The number of rotatable bonds is 7. The highest BCUT2D eigenvalue weighted by Gasteiger charge is 2.54. The second-order valence-corrected chi connectivity index (χ2v) is 12.9. The molecule has 3 nitrogen and oxygen atoms in total. The van der Waals surface area contributed by atoms with E-state index in [1.165, 1.54) is 0 Å². The van der Waals surface area contributed by atoms with Gasteiger partial charge in [-0.05, 0) is 43.8 Å². The van der Waals surface area contributed by atoms with Gasteiger partial charge in [0.05, 0.1) is 12.7 Å². The van der Waals surface area contributed by atoms with Gasteiger partial charge in [0.25, 0.3) is 0 Å². The van der Waals surface area contributed by atoms with Crippen molar-refractivity contribution < 1.29 is 14.3 Å². The zero-order valence-corrected chi connectivity index (χ0v) is 15.6. The molecule has 2 unspecified atom stereocenters. The van der Waals surface area contributed by atoms with Crippen molar-refractivity contribution in [3.63, 3.8) is 0 Å². The van der Waals surface area contributed by atoms with E-state index in [2.05, 4.69) is 47.7 Å². The minimum absolute atomic E-state index is 0.113. The largest absolute Gasteiger partial charge is 0.414 e. The number of hydrogen-bond donors (Lipinski definition) is 1. The molecule has 1 N–H and O–H groups in total. The highest BCUT2D eigenvalue weighted by atomic mass is 28.4. The highest BCUT2D eigenvalue weighted by Crippen LogP contribution is 2.43. The molecule has 20 heavy (non-hydrogen) atoms. The summed E-state index contributed by atoms with van der Waals surface area (Å²) in [4.78, 5) is 0. The summed E-state index contributed by atoms with van der Waals surface area (Å²) in [7, 11) is -1.70. The molecule has 0 aromatic carbocycles. The average molecular weight is 303 g/mol. The molecule has 0 radical (unpaired) electrons. The van der Waals surface area contributed by atoms with Crippen LogP contribution in [0.25, 0.3) is 0 Å². The standard InChI is InChI=1S/C16H34O3Si/c1-9-13(19-20(7,8)15(3,4)5)10-12(2)14-16(6,11-17)18-14/h12-14,17H,9-11H2,1-8H3/t12-,13+,14?,16?/m0/s1. The van der Waals surface area contributed by atoms with Crippen molar-refractivity contribution >= 4 is 8.32 Å². The van der Waals surface area contributed by atoms with Crippen LogP contribution in [0, 0.1) is 5.92 Å². The van der Waals surface area contributed by atoms with Crippen LogP contribution >= 0.6 is 0 Å². The fourth-order valence-corrected chi connectivity index (χ4v) is 3.98. The summed E-state index contributed by atoms with van der Waals surface area (Å²) >= 11 is 0. The van der Waals surface area contributed by atoms with E-state index < -0.39 is 8.32 Å². The molecule has 0 aromatic heterocycles. The van der Waals surface area contributed by atoms with E-state index in [9.17, 15) is 5.11 Å². The first kappa shape index (κ1) is 18.1. The van der Waals surface area contributed by atoms with E-state index in [4.69, 9.17) is 9.16 Å². The Morgan fingerprint density at radius 2 is 1.90 bits per heavy atom. The molecule has 4 heteroatoms. The van der Waals surface area contributed by atoms with Crippen LogP contribution in [0.1, 0.15) is 54.4 Å². The molecule has 0 amide bonds. The Kier molecular flexibility index (Phi) is 5.51. The second-order valence-electron chi connectivity index (χ2n) is 8.13. The fraction of sp³-hybridized carbons (Fsp3) is 1.00. The number of ether oxygens (including phenoxy) is 1. The van der Waals surface area contributed by atoms with Crippen molar-refractivity contribution in [1.82, 2.24) is 0 Å². The molecule has 0 aromatic rings. The third-order valence-electron chi connectivity index (χ3n) is 5.13. The Morgan fingerprint density at radius 1 is 1.35 bits per heavy atom. The van der Waals surface area contributed by atoms with Gasteiger partial charge in [0.15, 0.2) is 8.32 Å². The van der Waals surface area contributed by atoms with Crippen molar-refractivity contribution in [3.8, 4) is 0 Å². The molecule has 120 valence electrons. The SMILES string of the molecule is CC[C@H](C[C@H](C)C1OC1(C)CO)O[Si](C)(C)C(C)(C)C. The second kappa shape index (κ2) is 6.07. The van der Waals surface area contributed by atoms with Crippen LogP contribution in [-0.2, 0) is 9.16 Å². The lowest BCUT2D eigenvalue weighted by Gasteiger charge is -2.39. The highest BCUT2D eigenvalue weighted by molar-refractivity contribution is 6.74. The molecule has 1 fully saturated rings. The van der Waals surface area contributed by atoms with Crippen LogP contribution in [0.3, 0.4) is 0 Å². The van der Waals surface area contributed by atoms with E-state index in [0.717, 1.165) is 12.8 Å². The van der Waals surface area contributed by atoms with Gasteiger partial charge in [-0.1, -0.05) is 34.6 Å². The van der Waals surface area contributed by atoms with Gasteiger partial charge >= 0.3 is 0 Å². The van der Waals surface area contributed by atoms with Crippen molar-refractivity contribution in [1.29, 1.82) is 0 Å². The Hall–Kier alpha value is 0.0969. The predicted molar refractivity (Wildman–Crippen MR) is 86.5 cm³/mol. The molecule has 0 spiro atoms. The van der Waals surface area contributed by atoms with Crippen LogP contribution in [0.2, 0.25) is 18.1 Å². The zero-order valence-electron chi connectivity index (χ0n) is 14.6. The van der Waals surface area contributed by atoms with Crippen LogP contribution in [0.5, 0.6) is 0 Å². The first-order valence-electron chi connectivity index (χ1n) is 7.93. The summed E-state index contributed by atoms with van der Waals surface area (Å²) in [5, 5.41) is 9.57. The van der Waals surface area contributed by atoms with Gasteiger partial charge in [-0.25, -0.2) is 0 Å². The number of epoxide rings is 1. The van der Waals surface area contributed by atoms with Gasteiger partial charge in [-0.2, -0.15) is 0 Å². The summed E-state index contributed by atoms with van der Waals surface area (Å²) in [5.74, 6) is 0.432. The maximum absolute atomic E-state index is 9.32. The summed E-state index contributed by atoms with van der Waals surface area (Å²) in [5.41, 5.74) is -0.311. The molecule has 1 saturated heterocycles. The molecule has 4 atom stereocenters. The number of hydrogen-bond acceptors (Lipinski definition) is 3. The molecular weight excluding hydrogens is 268 g/mol. The third-order valence-corrected chi connectivity index (χ3v) is 9.66. The maximum Gasteiger partial charge on any atom is 0.192 e. The monoisotopic (exact) mass is 302 g/mol. The van der Waals surface area contributed by atoms with Gasteiger partial charge in [-0.15, -0.1) is 0 Å². The minimum Gasteiger partial charge on any atom is -0.414 e. The molecule has 1 aliphatic rings. The Morgan fingerprint density at radius 3 is 2.25 bits per heavy atom. The van der Waals surface area contributed by atoms with Crippen LogP contribution in [0.15, 0.2) is 0 Å². The normalized spacial score (nSPS) is 30.1. The van der Waals surface area contributed by atoms with Gasteiger partial charge in [0.1, 0.15) is 5.60 Å². The van der Waals surface area contributed by atoms with Crippen LogP contribution in [-0.4, -0.2) is 37.8 Å². The quantitative estimate of drug-likeness (QED) is 0.571. The lowest BCUT2D eigenvalue weighted by atomic mass is 9.92. The molecule has 1 rings (SSSR count). The molecule has 1 heterocycles.